The average Bonchev–Trinajstić information content (AvgIpc) is 3.19. The number of benzene rings is 2. The lowest BCUT2D eigenvalue weighted by Crippen LogP contribution is -2.35. The number of ether oxygens (including phenoxy) is 1. The average molecular weight is 408 g/mol. The van der Waals surface area contributed by atoms with Gasteiger partial charge in [-0.05, 0) is 24.6 Å². The summed E-state index contributed by atoms with van der Waals surface area (Å²) in [7, 11) is 0. The number of hydrogen-bond acceptors (Lipinski definition) is 5. The minimum atomic E-state index is -0.0494. The van der Waals surface area contributed by atoms with Crippen LogP contribution in [0.25, 0.3) is 10.6 Å². The number of nitrogens with zero attached hydrogens (tertiary/aromatic N) is 2. The molecule has 2 aromatic carbocycles. The summed E-state index contributed by atoms with van der Waals surface area (Å²) in [5.41, 5.74) is 5.16. The van der Waals surface area contributed by atoms with E-state index in [2.05, 4.69) is 58.5 Å². The van der Waals surface area contributed by atoms with Crippen molar-refractivity contribution in [2.45, 2.75) is 19.9 Å². The third kappa shape index (κ3) is 5.50. The molecular weight excluding hydrogens is 382 g/mol. The van der Waals surface area contributed by atoms with E-state index in [9.17, 15) is 4.79 Å². The molecule has 150 valence electrons. The summed E-state index contributed by atoms with van der Waals surface area (Å²) in [5.74, 6) is -0.0494. The molecule has 1 saturated heterocycles. The summed E-state index contributed by atoms with van der Waals surface area (Å²) in [5, 5.41) is 5.87. The second-order valence-electron chi connectivity index (χ2n) is 7.32. The lowest BCUT2D eigenvalue weighted by atomic mass is 10.1. The Bertz CT molecular complexity index is 945. The Morgan fingerprint density at radius 3 is 2.55 bits per heavy atom. The fourth-order valence-electron chi connectivity index (χ4n) is 3.30. The first kappa shape index (κ1) is 19.8. The predicted octanol–water partition coefficient (Wildman–Crippen LogP) is 4.13. The number of hydrogen-bond donors (Lipinski definition) is 1. The van der Waals surface area contributed by atoms with Crippen LogP contribution < -0.4 is 5.32 Å². The van der Waals surface area contributed by atoms with Crippen molar-refractivity contribution in [1.29, 1.82) is 0 Å². The van der Waals surface area contributed by atoms with Gasteiger partial charge in [0.2, 0.25) is 5.91 Å². The second kappa shape index (κ2) is 9.31. The summed E-state index contributed by atoms with van der Waals surface area (Å²) in [6.07, 6.45) is 0.276. The lowest BCUT2D eigenvalue weighted by molar-refractivity contribution is -0.115. The van der Waals surface area contributed by atoms with Crippen molar-refractivity contribution in [3.8, 4) is 10.6 Å². The molecule has 0 unspecified atom stereocenters. The maximum atomic E-state index is 12.4. The van der Waals surface area contributed by atoms with Gasteiger partial charge in [0.1, 0.15) is 5.01 Å². The van der Waals surface area contributed by atoms with Gasteiger partial charge < -0.3 is 10.1 Å². The largest absolute Gasteiger partial charge is 0.379 e. The number of nitrogens with one attached hydrogen (secondary N) is 1. The number of morpholine rings is 1. The van der Waals surface area contributed by atoms with Gasteiger partial charge in [-0.15, -0.1) is 11.3 Å². The standard InChI is InChI=1S/C23H25N3O2S/c1-17-2-6-19(7-3-17)23-25-21(16-29-23)14-22(27)24-20-8-4-18(5-9-20)15-26-10-12-28-13-11-26/h2-9,16H,10-15H2,1H3,(H,24,27). The van der Waals surface area contributed by atoms with Gasteiger partial charge in [-0.3, -0.25) is 9.69 Å². The van der Waals surface area contributed by atoms with Crippen molar-refractivity contribution >= 4 is 22.9 Å². The van der Waals surface area contributed by atoms with Crippen LogP contribution in [-0.2, 0) is 22.5 Å². The number of rotatable bonds is 6. The van der Waals surface area contributed by atoms with Crippen LogP contribution in [0.5, 0.6) is 0 Å². The third-order valence-corrected chi connectivity index (χ3v) is 5.88. The Labute approximate surface area is 175 Å². The zero-order valence-corrected chi connectivity index (χ0v) is 17.4. The van der Waals surface area contributed by atoms with E-state index >= 15 is 0 Å². The van der Waals surface area contributed by atoms with Crippen LogP contribution in [0, 0.1) is 6.92 Å². The van der Waals surface area contributed by atoms with Crippen molar-refractivity contribution in [1.82, 2.24) is 9.88 Å². The molecule has 0 saturated carbocycles. The number of aryl methyl sites for hydroxylation is 1. The van der Waals surface area contributed by atoms with E-state index in [1.807, 2.05) is 17.5 Å². The predicted molar refractivity (Wildman–Crippen MR) is 117 cm³/mol. The molecule has 1 fully saturated rings. The number of carbonyl (C=O) groups excluding carboxylic acids is 1. The Kier molecular flexibility index (Phi) is 6.34. The van der Waals surface area contributed by atoms with Gasteiger partial charge in [0, 0.05) is 36.3 Å². The molecule has 0 atom stereocenters. The van der Waals surface area contributed by atoms with Crippen LogP contribution >= 0.6 is 11.3 Å². The molecule has 0 radical (unpaired) electrons. The SMILES string of the molecule is Cc1ccc(-c2nc(CC(=O)Nc3ccc(CN4CCOCC4)cc3)cs2)cc1. The van der Waals surface area contributed by atoms with Crippen LogP contribution in [0.4, 0.5) is 5.69 Å². The molecule has 5 nitrogen and oxygen atoms in total. The highest BCUT2D eigenvalue weighted by Gasteiger charge is 2.12. The van der Waals surface area contributed by atoms with Gasteiger partial charge in [-0.1, -0.05) is 42.0 Å². The molecule has 0 spiro atoms. The van der Waals surface area contributed by atoms with Crippen LogP contribution in [0.2, 0.25) is 0 Å². The summed E-state index contributed by atoms with van der Waals surface area (Å²) in [6.45, 7) is 6.52. The van der Waals surface area contributed by atoms with Gasteiger partial charge in [0.05, 0.1) is 25.3 Å². The molecule has 1 N–H and O–H groups in total. The Morgan fingerprint density at radius 2 is 1.83 bits per heavy atom. The number of aromatic nitrogens is 1. The molecule has 1 aliphatic rings. The molecule has 1 amide bonds. The Hall–Kier alpha value is -2.54. The smallest absolute Gasteiger partial charge is 0.230 e. The molecule has 1 aromatic heterocycles. The van der Waals surface area contributed by atoms with Gasteiger partial charge in [-0.25, -0.2) is 4.98 Å². The van der Waals surface area contributed by atoms with E-state index in [0.717, 1.165) is 54.8 Å². The molecule has 1 aliphatic heterocycles. The van der Waals surface area contributed by atoms with Gasteiger partial charge >= 0.3 is 0 Å². The van der Waals surface area contributed by atoms with Crippen molar-refractivity contribution in [3.63, 3.8) is 0 Å². The van der Waals surface area contributed by atoms with E-state index in [-0.39, 0.29) is 12.3 Å². The quantitative estimate of drug-likeness (QED) is 0.668. The molecule has 0 bridgehead atoms. The highest BCUT2D eigenvalue weighted by Crippen LogP contribution is 2.24. The highest BCUT2D eigenvalue weighted by atomic mass is 32.1. The molecule has 2 heterocycles. The summed E-state index contributed by atoms with van der Waals surface area (Å²) >= 11 is 1.57. The number of carbonyl (C=O) groups is 1. The number of anilines is 1. The molecular formula is C23H25N3O2S. The summed E-state index contributed by atoms with van der Waals surface area (Å²) < 4.78 is 5.39. The van der Waals surface area contributed by atoms with Crippen LogP contribution in [0.3, 0.4) is 0 Å². The van der Waals surface area contributed by atoms with E-state index < -0.39 is 0 Å². The Balaban J connectivity index is 1.31. The summed E-state index contributed by atoms with van der Waals surface area (Å²) in [4.78, 5) is 19.4. The molecule has 4 rings (SSSR count). The minimum absolute atomic E-state index is 0.0494. The Morgan fingerprint density at radius 1 is 1.10 bits per heavy atom. The maximum Gasteiger partial charge on any atom is 0.230 e. The molecule has 3 aromatic rings. The first-order chi connectivity index (χ1) is 14.2. The van der Waals surface area contributed by atoms with Crippen LogP contribution in [0.1, 0.15) is 16.8 Å². The molecule has 29 heavy (non-hydrogen) atoms. The highest BCUT2D eigenvalue weighted by molar-refractivity contribution is 7.13. The van der Waals surface area contributed by atoms with Crippen molar-refractivity contribution in [2.75, 3.05) is 31.6 Å². The minimum Gasteiger partial charge on any atom is -0.379 e. The van der Waals surface area contributed by atoms with Gasteiger partial charge in [0.25, 0.3) is 0 Å². The van der Waals surface area contributed by atoms with E-state index in [1.165, 1.54) is 11.1 Å². The monoisotopic (exact) mass is 407 g/mol. The zero-order chi connectivity index (χ0) is 20.1. The fourth-order valence-corrected chi connectivity index (χ4v) is 4.12. The zero-order valence-electron chi connectivity index (χ0n) is 16.6. The normalized spacial score (nSPS) is 14.7. The van der Waals surface area contributed by atoms with Crippen molar-refractivity contribution < 1.29 is 9.53 Å². The topological polar surface area (TPSA) is 54.5 Å². The van der Waals surface area contributed by atoms with E-state index in [4.69, 9.17) is 4.74 Å². The van der Waals surface area contributed by atoms with E-state index in [0.29, 0.717) is 0 Å². The number of amides is 1. The van der Waals surface area contributed by atoms with Gasteiger partial charge in [0.15, 0.2) is 0 Å². The van der Waals surface area contributed by atoms with Crippen molar-refractivity contribution in [2.24, 2.45) is 0 Å². The fraction of sp³-hybridized carbons (Fsp3) is 0.304. The number of thiazole rings is 1. The van der Waals surface area contributed by atoms with Crippen LogP contribution in [0.15, 0.2) is 53.9 Å². The first-order valence-corrected chi connectivity index (χ1v) is 10.7. The summed E-state index contributed by atoms with van der Waals surface area (Å²) in [6, 6.07) is 16.4. The maximum absolute atomic E-state index is 12.4. The second-order valence-corrected chi connectivity index (χ2v) is 8.18. The third-order valence-electron chi connectivity index (χ3n) is 4.94. The lowest BCUT2D eigenvalue weighted by Gasteiger charge is -2.26. The first-order valence-electron chi connectivity index (χ1n) is 9.86. The molecule has 0 aliphatic carbocycles. The van der Waals surface area contributed by atoms with Crippen LogP contribution in [-0.4, -0.2) is 42.1 Å². The van der Waals surface area contributed by atoms with Gasteiger partial charge in [-0.2, -0.15) is 0 Å². The van der Waals surface area contributed by atoms with Crippen molar-refractivity contribution in [3.05, 3.63) is 70.7 Å². The van der Waals surface area contributed by atoms with E-state index in [1.54, 1.807) is 11.3 Å². The molecule has 6 heteroatoms.